The summed E-state index contributed by atoms with van der Waals surface area (Å²) in [7, 11) is 0. The Morgan fingerprint density at radius 3 is 2.76 bits per heavy atom. The van der Waals surface area contributed by atoms with Gasteiger partial charge in [0.1, 0.15) is 16.5 Å². The average Bonchev–Trinajstić information content (AvgIpc) is 3.44. The van der Waals surface area contributed by atoms with Crippen LogP contribution in [0.1, 0.15) is 29.8 Å². The van der Waals surface area contributed by atoms with Crippen LogP contribution in [0.5, 0.6) is 11.5 Å². The van der Waals surface area contributed by atoms with Gasteiger partial charge < -0.3 is 19.7 Å². The van der Waals surface area contributed by atoms with Crippen LogP contribution < -0.4 is 19.7 Å². The fraction of sp³-hybridized carbons (Fsp3) is 0.286. The molecule has 0 aliphatic carbocycles. The van der Waals surface area contributed by atoms with E-state index >= 15 is 0 Å². The lowest BCUT2D eigenvalue weighted by atomic mass is 10.1. The fourth-order valence-electron chi connectivity index (χ4n) is 3.50. The Kier molecular flexibility index (Phi) is 4.77. The highest BCUT2D eigenvalue weighted by atomic mass is 32.1. The Hall–Kier alpha value is -3.13. The van der Waals surface area contributed by atoms with Gasteiger partial charge in [0.2, 0.25) is 6.79 Å². The molecule has 0 spiro atoms. The van der Waals surface area contributed by atoms with E-state index in [1.54, 1.807) is 23.6 Å². The van der Waals surface area contributed by atoms with E-state index in [4.69, 9.17) is 9.47 Å². The maximum Gasteiger partial charge on any atom is 0.275 e. The second-order valence-electron chi connectivity index (χ2n) is 7.01. The molecule has 2 aliphatic rings. The molecule has 1 amide bonds. The number of piperidine rings is 1. The van der Waals surface area contributed by atoms with Crippen molar-refractivity contribution in [2.24, 2.45) is 0 Å². The van der Waals surface area contributed by atoms with Gasteiger partial charge in [-0.15, -0.1) is 11.3 Å². The van der Waals surface area contributed by atoms with Crippen LogP contribution in [-0.2, 0) is 0 Å². The summed E-state index contributed by atoms with van der Waals surface area (Å²) in [5.41, 5.74) is 1.93. The van der Waals surface area contributed by atoms with Gasteiger partial charge >= 0.3 is 0 Å². The van der Waals surface area contributed by atoms with Crippen molar-refractivity contribution in [3.05, 3.63) is 47.6 Å². The highest BCUT2D eigenvalue weighted by molar-refractivity contribution is 7.13. The van der Waals surface area contributed by atoms with Gasteiger partial charge in [0.25, 0.3) is 5.91 Å². The molecule has 0 atom stereocenters. The summed E-state index contributed by atoms with van der Waals surface area (Å²) in [5, 5.41) is 5.39. The number of rotatable bonds is 4. The smallest absolute Gasteiger partial charge is 0.275 e. The van der Waals surface area contributed by atoms with Crippen LogP contribution in [-0.4, -0.2) is 35.8 Å². The number of aromatic nitrogens is 2. The molecule has 7 nitrogen and oxygen atoms in total. The standard InChI is InChI=1S/C21H20N4O3S/c26-20(23-15-5-6-17-18(10-15)28-13-27-17)16-12-29-21(24-16)14-4-7-19(22-11-14)25-8-2-1-3-9-25/h4-7,10-12H,1-3,8-9,13H2,(H,23,26). The number of anilines is 2. The number of nitrogens with one attached hydrogen (secondary N) is 1. The zero-order chi connectivity index (χ0) is 19.6. The number of benzene rings is 1. The van der Waals surface area contributed by atoms with Crippen LogP contribution >= 0.6 is 11.3 Å². The average molecular weight is 408 g/mol. The van der Waals surface area contributed by atoms with Crippen molar-refractivity contribution in [2.45, 2.75) is 19.3 Å². The fourth-order valence-corrected chi connectivity index (χ4v) is 4.29. The summed E-state index contributed by atoms with van der Waals surface area (Å²) in [6.45, 7) is 2.33. The molecular formula is C21H20N4O3S. The minimum Gasteiger partial charge on any atom is -0.454 e. The zero-order valence-corrected chi connectivity index (χ0v) is 16.6. The van der Waals surface area contributed by atoms with Gasteiger partial charge in [-0.2, -0.15) is 0 Å². The number of hydrogen-bond donors (Lipinski definition) is 1. The van der Waals surface area contributed by atoms with E-state index in [1.807, 2.05) is 18.3 Å². The van der Waals surface area contributed by atoms with Crippen molar-refractivity contribution >= 4 is 28.7 Å². The quantitative estimate of drug-likeness (QED) is 0.698. The first-order chi connectivity index (χ1) is 14.3. The van der Waals surface area contributed by atoms with Crippen LogP contribution in [0.15, 0.2) is 41.9 Å². The van der Waals surface area contributed by atoms with E-state index < -0.39 is 0 Å². The van der Waals surface area contributed by atoms with Crippen molar-refractivity contribution < 1.29 is 14.3 Å². The molecular weight excluding hydrogens is 388 g/mol. The number of thiazole rings is 1. The third-order valence-electron chi connectivity index (χ3n) is 5.04. The molecule has 1 N–H and O–H groups in total. The summed E-state index contributed by atoms with van der Waals surface area (Å²) in [6, 6.07) is 9.36. The summed E-state index contributed by atoms with van der Waals surface area (Å²) in [4.78, 5) is 24.0. The second kappa shape index (κ2) is 7.71. The minimum absolute atomic E-state index is 0.201. The van der Waals surface area contributed by atoms with E-state index in [-0.39, 0.29) is 12.7 Å². The molecule has 148 valence electrons. The summed E-state index contributed by atoms with van der Waals surface area (Å²) < 4.78 is 10.6. The van der Waals surface area contributed by atoms with Crippen LogP contribution in [0.25, 0.3) is 10.6 Å². The third kappa shape index (κ3) is 3.75. The first kappa shape index (κ1) is 17.9. The second-order valence-corrected chi connectivity index (χ2v) is 7.87. The molecule has 0 saturated carbocycles. The van der Waals surface area contributed by atoms with Gasteiger partial charge in [0.15, 0.2) is 11.5 Å². The van der Waals surface area contributed by atoms with Crippen LogP contribution in [0.4, 0.5) is 11.5 Å². The third-order valence-corrected chi connectivity index (χ3v) is 5.93. The molecule has 2 aromatic heterocycles. The van der Waals surface area contributed by atoms with E-state index in [2.05, 4.69) is 20.2 Å². The molecule has 1 aromatic carbocycles. The Balaban J connectivity index is 1.28. The normalized spacial score (nSPS) is 15.4. The molecule has 8 heteroatoms. The number of amides is 1. The summed E-state index contributed by atoms with van der Waals surface area (Å²) in [6.07, 6.45) is 5.57. The van der Waals surface area contributed by atoms with E-state index in [0.29, 0.717) is 22.9 Å². The predicted molar refractivity (Wildman–Crippen MR) is 112 cm³/mol. The van der Waals surface area contributed by atoms with Gasteiger partial charge in [-0.3, -0.25) is 4.79 Å². The molecule has 5 rings (SSSR count). The lowest BCUT2D eigenvalue weighted by molar-refractivity contribution is 0.102. The molecule has 4 heterocycles. The Labute approximate surface area is 172 Å². The Morgan fingerprint density at radius 2 is 1.93 bits per heavy atom. The minimum atomic E-state index is -0.260. The first-order valence-corrected chi connectivity index (χ1v) is 10.5. The van der Waals surface area contributed by atoms with Gasteiger partial charge in [0.05, 0.1) is 0 Å². The van der Waals surface area contributed by atoms with Crippen molar-refractivity contribution in [3.8, 4) is 22.1 Å². The Morgan fingerprint density at radius 1 is 1.07 bits per heavy atom. The lowest BCUT2D eigenvalue weighted by Crippen LogP contribution is -2.29. The monoisotopic (exact) mass is 408 g/mol. The maximum absolute atomic E-state index is 12.6. The lowest BCUT2D eigenvalue weighted by Gasteiger charge is -2.27. The van der Waals surface area contributed by atoms with E-state index in [0.717, 1.165) is 29.5 Å². The SMILES string of the molecule is O=C(Nc1ccc2c(c1)OCO2)c1csc(-c2ccc(N3CCCCC3)nc2)n1. The van der Waals surface area contributed by atoms with Crippen LogP contribution in [0, 0.1) is 0 Å². The molecule has 2 aliphatic heterocycles. The molecule has 0 unspecified atom stereocenters. The Bertz CT molecular complexity index is 1030. The molecule has 1 saturated heterocycles. The molecule has 29 heavy (non-hydrogen) atoms. The van der Waals surface area contributed by atoms with Gasteiger partial charge in [-0.25, -0.2) is 9.97 Å². The topological polar surface area (TPSA) is 76.6 Å². The largest absolute Gasteiger partial charge is 0.454 e. The van der Waals surface area contributed by atoms with E-state index in [1.165, 1.54) is 30.6 Å². The van der Waals surface area contributed by atoms with Crippen molar-refractivity contribution in [1.82, 2.24) is 9.97 Å². The molecule has 0 radical (unpaired) electrons. The van der Waals surface area contributed by atoms with Gasteiger partial charge in [0, 0.05) is 42.0 Å². The van der Waals surface area contributed by atoms with Crippen LogP contribution in [0.2, 0.25) is 0 Å². The molecule has 1 fully saturated rings. The zero-order valence-electron chi connectivity index (χ0n) is 15.8. The number of carbonyl (C=O) groups is 1. The summed E-state index contributed by atoms with van der Waals surface area (Å²) >= 11 is 1.43. The number of carbonyl (C=O) groups excluding carboxylic acids is 1. The van der Waals surface area contributed by atoms with E-state index in [9.17, 15) is 4.79 Å². The number of pyridine rings is 1. The number of nitrogens with zero attached hydrogens (tertiary/aromatic N) is 3. The van der Waals surface area contributed by atoms with Gasteiger partial charge in [-0.1, -0.05) is 0 Å². The van der Waals surface area contributed by atoms with Crippen molar-refractivity contribution in [3.63, 3.8) is 0 Å². The van der Waals surface area contributed by atoms with Crippen molar-refractivity contribution in [1.29, 1.82) is 0 Å². The van der Waals surface area contributed by atoms with Crippen molar-refractivity contribution in [2.75, 3.05) is 30.1 Å². The highest BCUT2D eigenvalue weighted by Gasteiger charge is 2.17. The van der Waals surface area contributed by atoms with Crippen LogP contribution in [0.3, 0.4) is 0 Å². The molecule has 0 bridgehead atoms. The predicted octanol–water partition coefficient (Wildman–Crippen LogP) is 4.18. The van der Waals surface area contributed by atoms with Gasteiger partial charge in [-0.05, 0) is 43.5 Å². The summed E-state index contributed by atoms with van der Waals surface area (Å²) in [5.74, 6) is 2.05. The first-order valence-electron chi connectivity index (χ1n) is 9.64. The number of ether oxygens (including phenoxy) is 2. The number of fused-ring (bicyclic) bond motifs is 1. The molecule has 3 aromatic rings. The highest BCUT2D eigenvalue weighted by Crippen LogP contribution is 2.34. The number of hydrogen-bond acceptors (Lipinski definition) is 7. The maximum atomic E-state index is 12.6.